The molecule has 0 aliphatic rings. The Morgan fingerprint density at radius 3 is 2.06 bits per heavy atom. The van der Waals surface area contributed by atoms with Crippen molar-refractivity contribution in [2.75, 3.05) is 39.9 Å². The van der Waals surface area contributed by atoms with E-state index in [1.807, 2.05) is 0 Å². The number of carbonyl (C=O) groups is 1. The van der Waals surface area contributed by atoms with Gasteiger partial charge in [-0.15, -0.1) is 0 Å². The molecule has 0 unspecified atom stereocenters. The Balaban J connectivity index is 3.96. The maximum Gasteiger partial charge on any atom is 0.500 e. The smallest absolute Gasteiger partial charge is 0.377 e. The third kappa shape index (κ3) is 7.06. The van der Waals surface area contributed by atoms with E-state index in [-0.39, 0.29) is 0 Å². The topological polar surface area (TPSA) is 90.9 Å². The average molecular weight is 299 g/mol. The molecule has 0 saturated carbocycles. The van der Waals surface area contributed by atoms with Crippen LogP contribution >= 0.6 is 0 Å². The SMILES string of the molecule is CO[Si](CCCNC(=O)CS(C)(=O)=O)(OC)OC. The highest BCUT2D eigenvalue weighted by Gasteiger charge is 2.36. The molecular weight excluding hydrogens is 278 g/mol. The zero-order valence-electron chi connectivity index (χ0n) is 11.2. The maximum atomic E-state index is 11.2. The number of nitrogens with one attached hydrogen (secondary N) is 1. The van der Waals surface area contributed by atoms with Crippen LogP contribution in [0.25, 0.3) is 0 Å². The molecule has 18 heavy (non-hydrogen) atoms. The van der Waals surface area contributed by atoms with E-state index in [2.05, 4.69) is 5.32 Å². The van der Waals surface area contributed by atoms with Gasteiger partial charge in [-0.2, -0.15) is 0 Å². The Hall–Kier alpha value is -0.483. The van der Waals surface area contributed by atoms with Crippen molar-refractivity contribution in [2.24, 2.45) is 0 Å². The Morgan fingerprint density at radius 2 is 1.67 bits per heavy atom. The summed E-state index contributed by atoms with van der Waals surface area (Å²) in [6.45, 7) is 0.360. The summed E-state index contributed by atoms with van der Waals surface area (Å²) in [5.74, 6) is -0.994. The predicted octanol–water partition coefficient (Wildman–Crippen LogP) is -0.585. The van der Waals surface area contributed by atoms with E-state index >= 15 is 0 Å². The second-order valence-corrected chi connectivity index (χ2v) is 9.05. The van der Waals surface area contributed by atoms with Gasteiger partial charge in [-0.3, -0.25) is 4.79 Å². The fourth-order valence-electron chi connectivity index (χ4n) is 1.38. The Kier molecular flexibility index (Phi) is 7.63. The highest BCUT2D eigenvalue weighted by atomic mass is 32.2. The van der Waals surface area contributed by atoms with Gasteiger partial charge in [-0.25, -0.2) is 8.42 Å². The third-order valence-corrected chi connectivity index (χ3v) is 5.93. The molecule has 0 radical (unpaired) electrons. The zero-order chi connectivity index (χ0) is 14.2. The summed E-state index contributed by atoms with van der Waals surface area (Å²) in [5, 5.41) is 2.52. The van der Waals surface area contributed by atoms with E-state index in [1.54, 1.807) is 0 Å². The lowest BCUT2D eigenvalue weighted by Gasteiger charge is -2.24. The second kappa shape index (κ2) is 7.84. The van der Waals surface area contributed by atoms with E-state index < -0.39 is 30.3 Å². The minimum Gasteiger partial charge on any atom is -0.377 e. The normalized spacial score (nSPS) is 12.4. The average Bonchev–Trinajstić information content (AvgIpc) is 2.28. The second-order valence-electron chi connectivity index (χ2n) is 3.82. The minimum absolute atomic E-state index is 0.360. The minimum atomic E-state index is -3.28. The molecule has 0 aromatic carbocycles. The lowest BCUT2D eigenvalue weighted by molar-refractivity contribution is -0.118. The zero-order valence-corrected chi connectivity index (χ0v) is 13.0. The molecule has 1 N–H and O–H groups in total. The summed E-state index contributed by atoms with van der Waals surface area (Å²) >= 11 is 0. The van der Waals surface area contributed by atoms with Crippen molar-refractivity contribution in [1.29, 1.82) is 0 Å². The van der Waals surface area contributed by atoms with Crippen LogP contribution in [0.4, 0.5) is 0 Å². The van der Waals surface area contributed by atoms with Gasteiger partial charge in [0.05, 0.1) is 0 Å². The van der Waals surface area contributed by atoms with Crippen molar-refractivity contribution in [3.63, 3.8) is 0 Å². The van der Waals surface area contributed by atoms with Crippen LogP contribution in [0, 0.1) is 0 Å². The Morgan fingerprint density at radius 1 is 1.17 bits per heavy atom. The van der Waals surface area contributed by atoms with Gasteiger partial charge in [-0.05, 0) is 6.42 Å². The lowest BCUT2D eigenvalue weighted by atomic mass is 10.5. The monoisotopic (exact) mass is 299 g/mol. The van der Waals surface area contributed by atoms with Crippen LogP contribution in [0.5, 0.6) is 0 Å². The summed E-state index contributed by atoms with van der Waals surface area (Å²) in [4.78, 5) is 11.2. The first-order valence-electron chi connectivity index (χ1n) is 5.38. The predicted molar refractivity (Wildman–Crippen MR) is 68.9 cm³/mol. The van der Waals surface area contributed by atoms with E-state index in [4.69, 9.17) is 13.3 Å². The Bertz CT molecular complexity index is 346. The summed E-state index contributed by atoms with van der Waals surface area (Å²) in [7, 11) is -1.34. The highest BCUT2D eigenvalue weighted by molar-refractivity contribution is 7.91. The van der Waals surface area contributed by atoms with Gasteiger partial charge in [0.25, 0.3) is 0 Å². The molecule has 9 heteroatoms. The standard InChI is InChI=1S/C9H21NO6SSi/c1-14-18(15-2,16-3)7-5-6-10-9(11)8-17(4,12)13/h5-8H2,1-4H3,(H,10,11). The van der Waals surface area contributed by atoms with Crippen molar-refractivity contribution in [3.8, 4) is 0 Å². The maximum absolute atomic E-state index is 11.2. The van der Waals surface area contributed by atoms with Crippen molar-refractivity contribution in [1.82, 2.24) is 5.32 Å². The van der Waals surface area contributed by atoms with Crippen molar-refractivity contribution in [2.45, 2.75) is 12.5 Å². The van der Waals surface area contributed by atoms with Crippen molar-refractivity contribution >= 4 is 24.5 Å². The van der Waals surface area contributed by atoms with E-state index in [1.165, 1.54) is 21.3 Å². The van der Waals surface area contributed by atoms with Gasteiger partial charge in [0.15, 0.2) is 9.84 Å². The number of amides is 1. The molecule has 0 aromatic rings. The van der Waals surface area contributed by atoms with E-state index in [0.717, 1.165) is 6.26 Å². The van der Waals surface area contributed by atoms with Gasteiger partial charge in [-0.1, -0.05) is 0 Å². The molecule has 0 aliphatic carbocycles. The molecule has 0 aliphatic heterocycles. The fraction of sp³-hybridized carbons (Fsp3) is 0.889. The first-order valence-corrected chi connectivity index (χ1v) is 9.37. The van der Waals surface area contributed by atoms with Crippen molar-refractivity contribution in [3.05, 3.63) is 0 Å². The van der Waals surface area contributed by atoms with Crippen LogP contribution in [0.15, 0.2) is 0 Å². The van der Waals surface area contributed by atoms with Gasteiger partial charge in [0.2, 0.25) is 5.91 Å². The summed E-state index contributed by atoms with van der Waals surface area (Å²) < 4.78 is 37.3. The van der Waals surface area contributed by atoms with Gasteiger partial charge in [0, 0.05) is 40.2 Å². The summed E-state index contributed by atoms with van der Waals surface area (Å²) in [5.41, 5.74) is 0. The van der Waals surface area contributed by atoms with Crippen LogP contribution in [0.1, 0.15) is 6.42 Å². The molecule has 0 bridgehead atoms. The molecule has 0 saturated heterocycles. The summed E-state index contributed by atoms with van der Waals surface area (Å²) in [6, 6.07) is 0.551. The first-order chi connectivity index (χ1) is 8.28. The number of hydrogen-bond donors (Lipinski definition) is 1. The van der Waals surface area contributed by atoms with Crippen LogP contribution in [-0.2, 0) is 27.9 Å². The molecule has 1 amide bonds. The molecule has 0 heterocycles. The van der Waals surface area contributed by atoms with Gasteiger partial charge in [0.1, 0.15) is 5.75 Å². The number of sulfone groups is 1. The van der Waals surface area contributed by atoms with Gasteiger partial charge < -0.3 is 18.6 Å². The summed E-state index contributed by atoms with van der Waals surface area (Å²) in [6.07, 6.45) is 1.61. The fourth-order valence-corrected chi connectivity index (χ4v) is 3.68. The highest BCUT2D eigenvalue weighted by Crippen LogP contribution is 2.14. The molecular formula is C9H21NO6SSi. The quantitative estimate of drug-likeness (QED) is 0.452. The van der Waals surface area contributed by atoms with Crippen LogP contribution in [0.2, 0.25) is 6.04 Å². The molecule has 108 valence electrons. The molecule has 0 atom stereocenters. The van der Waals surface area contributed by atoms with Crippen LogP contribution < -0.4 is 5.32 Å². The first kappa shape index (κ1) is 17.5. The number of rotatable bonds is 9. The Labute approximate surface area is 109 Å². The van der Waals surface area contributed by atoms with Crippen LogP contribution in [-0.4, -0.2) is 63.0 Å². The number of carbonyl (C=O) groups excluding carboxylic acids is 1. The van der Waals surface area contributed by atoms with E-state index in [0.29, 0.717) is 19.0 Å². The third-order valence-electron chi connectivity index (χ3n) is 2.31. The van der Waals surface area contributed by atoms with Crippen LogP contribution in [0.3, 0.4) is 0 Å². The van der Waals surface area contributed by atoms with Gasteiger partial charge >= 0.3 is 8.80 Å². The molecule has 0 spiro atoms. The van der Waals surface area contributed by atoms with Crippen molar-refractivity contribution < 1.29 is 26.5 Å². The number of hydrogen-bond acceptors (Lipinski definition) is 6. The van der Waals surface area contributed by atoms with E-state index in [9.17, 15) is 13.2 Å². The molecule has 7 nitrogen and oxygen atoms in total. The molecule has 0 rings (SSSR count). The lowest BCUT2D eigenvalue weighted by Crippen LogP contribution is -2.43. The molecule has 0 fully saturated rings. The largest absolute Gasteiger partial charge is 0.500 e. The molecule has 0 aromatic heterocycles.